The lowest BCUT2D eigenvalue weighted by atomic mass is 9.73. The molecule has 0 aliphatic carbocycles. The Morgan fingerprint density at radius 2 is 2.18 bits per heavy atom. The van der Waals surface area contributed by atoms with E-state index >= 15 is 0 Å². The Balaban J connectivity index is 1.67. The Labute approximate surface area is 165 Å². The summed E-state index contributed by atoms with van der Waals surface area (Å²) in [6.45, 7) is 6.82. The normalized spacial score (nSPS) is 23.5. The van der Waals surface area contributed by atoms with Crippen LogP contribution in [0.4, 0.5) is 5.69 Å². The molecule has 4 rings (SSSR count). The smallest absolute Gasteiger partial charge is 0.276 e. The Morgan fingerprint density at radius 3 is 2.93 bits per heavy atom. The first-order valence-corrected chi connectivity index (χ1v) is 10.1. The number of carbonyl (C=O) groups excluding carboxylic acids is 2. The number of rotatable bonds is 5. The van der Waals surface area contributed by atoms with Crippen LogP contribution in [0.5, 0.6) is 0 Å². The summed E-state index contributed by atoms with van der Waals surface area (Å²) in [5, 5.41) is 7.05. The predicted molar refractivity (Wildman–Crippen MR) is 106 cm³/mol. The highest BCUT2D eigenvalue weighted by atomic mass is 16.5. The number of hydrogen-bond donors (Lipinski definition) is 1. The summed E-state index contributed by atoms with van der Waals surface area (Å²) in [4.78, 5) is 28.2. The maximum absolute atomic E-state index is 13.3. The van der Waals surface area contributed by atoms with Gasteiger partial charge in [0.2, 0.25) is 5.91 Å². The SMILES string of the molecule is CCC[C@@H]1N(C(=O)c2cc(CC(C)C)on2)CC[C@]12C(=O)Nc1ccccc12. The van der Waals surface area contributed by atoms with Crippen molar-refractivity contribution in [3.63, 3.8) is 0 Å². The van der Waals surface area contributed by atoms with Crippen LogP contribution < -0.4 is 5.32 Å². The van der Waals surface area contributed by atoms with Gasteiger partial charge < -0.3 is 14.7 Å². The summed E-state index contributed by atoms with van der Waals surface area (Å²) in [5.41, 5.74) is 1.53. The zero-order chi connectivity index (χ0) is 19.9. The minimum Gasteiger partial charge on any atom is -0.361 e. The molecule has 0 bridgehead atoms. The maximum Gasteiger partial charge on any atom is 0.276 e. The second kappa shape index (κ2) is 7.08. The van der Waals surface area contributed by atoms with Crippen LogP contribution in [0.25, 0.3) is 0 Å². The second-order valence-corrected chi connectivity index (χ2v) is 8.30. The van der Waals surface area contributed by atoms with Crippen molar-refractivity contribution in [2.24, 2.45) is 5.92 Å². The van der Waals surface area contributed by atoms with Gasteiger partial charge in [0.15, 0.2) is 5.69 Å². The van der Waals surface area contributed by atoms with Crippen LogP contribution in [0.3, 0.4) is 0 Å². The number of carbonyl (C=O) groups is 2. The van der Waals surface area contributed by atoms with Crippen LogP contribution in [0, 0.1) is 5.92 Å². The molecular formula is C22H27N3O3. The molecule has 2 aromatic rings. The lowest BCUT2D eigenvalue weighted by Gasteiger charge is -2.33. The molecule has 2 amide bonds. The highest BCUT2D eigenvalue weighted by Crippen LogP contribution is 2.49. The summed E-state index contributed by atoms with van der Waals surface area (Å²) < 4.78 is 5.37. The third kappa shape index (κ3) is 2.82. The van der Waals surface area contributed by atoms with Crippen LogP contribution in [0.2, 0.25) is 0 Å². The molecule has 1 aromatic carbocycles. The van der Waals surface area contributed by atoms with Gasteiger partial charge in [0.25, 0.3) is 5.91 Å². The van der Waals surface area contributed by atoms with Crippen LogP contribution in [0.15, 0.2) is 34.9 Å². The van der Waals surface area contributed by atoms with Crippen molar-refractivity contribution >= 4 is 17.5 Å². The number of anilines is 1. The molecule has 6 heteroatoms. The molecule has 1 saturated heterocycles. The maximum atomic E-state index is 13.3. The van der Waals surface area contributed by atoms with Crippen molar-refractivity contribution < 1.29 is 14.1 Å². The van der Waals surface area contributed by atoms with Gasteiger partial charge in [0, 0.05) is 24.7 Å². The van der Waals surface area contributed by atoms with Crippen LogP contribution >= 0.6 is 0 Å². The third-order valence-electron chi connectivity index (χ3n) is 5.96. The number of likely N-dealkylation sites (tertiary alicyclic amines) is 1. The van der Waals surface area contributed by atoms with Crippen LogP contribution in [-0.2, 0) is 16.6 Å². The fourth-order valence-electron chi connectivity index (χ4n) is 4.78. The molecule has 2 atom stereocenters. The van der Waals surface area contributed by atoms with Gasteiger partial charge in [0.1, 0.15) is 5.76 Å². The van der Waals surface area contributed by atoms with E-state index in [0.717, 1.165) is 36.3 Å². The first kappa shape index (κ1) is 18.7. The third-order valence-corrected chi connectivity index (χ3v) is 5.96. The van der Waals surface area contributed by atoms with E-state index in [2.05, 4.69) is 31.2 Å². The Bertz CT molecular complexity index is 904. The minimum atomic E-state index is -0.674. The fourth-order valence-corrected chi connectivity index (χ4v) is 4.78. The zero-order valence-electron chi connectivity index (χ0n) is 16.7. The standard InChI is InChI=1S/C22H27N3O3/c1-4-7-19-22(16-8-5-6-9-17(16)23-21(22)27)10-11-25(19)20(26)18-13-15(28-24-18)12-14(2)3/h5-6,8-9,13-14,19H,4,7,10-12H2,1-3H3,(H,23,27)/t19-,22+/m0/s1. The number of fused-ring (bicyclic) bond motifs is 2. The second-order valence-electron chi connectivity index (χ2n) is 8.30. The van der Waals surface area contributed by atoms with Crippen molar-refractivity contribution in [2.75, 3.05) is 11.9 Å². The highest BCUT2D eigenvalue weighted by molar-refractivity contribution is 6.08. The Morgan fingerprint density at radius 1 is 1.39 bits per heavy atom. The Hall–Kier alpha value is -2.63. The number of hydrogen-bond acceptors (Lipinski definition) is 4. The number of aromatic nitrogens is 1. The van der Waals surface area contributed by atoms with Gasteiger partial charge in [-0.05, 0) is 30.4 Å². The van der Waals surface area contributed by atoms with Gasteiger partial charge in [-0.15, -0.1) is 0 Å². The van der Waals surface area contributed by atoms with E-state index in [-0.39, 0.29) is 17.9 Å². The Kier molecular flexibility index (Phi) is 4.73. The molecule has 1 spiro atoms. The van der Waals surface area contributed by atoms with E-state index < -0.39 is 5.41 Å². The van der Waals surface area contributed by atoms with Crippen molar-refractivity contribution in [2.45, 2.75) is 57.9 Å². The number of nitrogens with one attached hydrogen (secondary N) is 1. The fraction of sp³-hybridized carbons (Fsp3) is 0.500. The van der Waals surface area contributed by atoms with E-state index in [1.165, 1.54) is 0 Å². The summed E-state index contributed by atoms with van der Waals surface area (Å²) >= 11 is 0. The summed E-state index contributed by atoms with van der Waals surface area (Å²) in [7, 11) is 0. The lowest BCUT2D eigenvalue weighted by molar-refractivity contribution is -0.121. The quantitative estimate of drug-likeness (QED) is 0.855. The average molecular weight is 381 g/mol. The highest BCUT2D eigenvalue weighted by Gasteiger charge is 2.58. The largest absolute Gasteiger partial charge is 0.361 e. The lowest BCUT2D eigenvalue weighted by Crippen LogP contribution is -2.48. The van der Waals surface area contributed by atoms with Gasteiger partial charge in [-0.3, -0.25) is 9.59 Å². The van der Waals surface area contributed by atoms with E-state index in [9.17, 15) is 9.59 Å². The molecule has 148 valence electrons. The monoisotopic (exact) mass is 381 g/mol. The molecule has 2 aliphatic heterocycles. The predicted octanol–water partition coefficient (Wildman–Crippen LogP) is 3.78. The summed E-state index contributed by atoms with van der Waals surface area (Å²) in [5.74, 6) is 1.01. The number of benzene rings is 1. The van der Waals surface area contributed by atoms with Gasteiger partial charge >= 0.3 is 0 Å². The van der Waals surface area contributed by atoms with Crippen LogP contribution in [0.1, 0.15) is 61.8 Å². The zero-order valence-corrected chi connectivity index (χ0v) is 16.7. The van der Waals surface area contributed by atoms with Crippen molar-refractivity contribution in [3.8, 4) is 0 Å². The first-order valence-electron chi connectivity index (χ1n) is 10.1. The van der Waals surface area contributed by atoms with Crippen molar-refractivity contribution in [1.82, 2.24) is 10.1 Å². The number of nitrogens with zero attached hydrogens (tertiary/aromatic N) is 2. The average Bonchev–Trinajstić information content (AvgIpc) is 3.34. The summed E-state index contributed by atoms with van der Waals surface area (Å²) in [6, 6.07) is 9.41. The van der Waals surface area contributed by atoms with Gasteiger partial charge in [-0.25, -0.2) is 0 Å². The summed E-state index contributed by atoms with van der Waals surface area (Å²) in [6.07, 6.45) is 3.04. The molecule has 3 heterocycles. The number of amides is 2. The molecular weight excluding hydrogens is 354 g/mol. The molecule has 1 aromatic heterocycles. The van der Waals surface area contributed by atoms with Gasteiger partial charge in [-0.1, -0.05) is 50.5 Å². The minimum absolute atomic E-state index is 0.00287. The molecule has 0 radical (unpaired) electrons. The van der Waals surface area contributed by atoms with E-state index in [4.69, 9.17) is 4.52 Å². The van der Waals surface area contributed by atoms with Gasteiger partial charge in [-0.2, -0.15) is 0 Å². The van der Waals surface area contributed by atoms with Crippen molar-refractivity contribution in [3.05, 3.63) is 47.3 Å². The molecule has 0 unspecified atom stereocenters. The molecule has 1 N–H and O–H groups in total. The van der Waals surface area contributed by atoms with E-state index in [1.807, 2.05) is 29.2 Å². The topological polar surface area (TPSA) is 75.4 Å². The molecule has 0 saturated carbocycles. The van der Waals surface area contributed by atoms with E-state index in [0.29, 0.717) is 24.6 Å². The molecule has 28 heavy (non-hydrogen) atoms. The molecule has 1 fully saturated rings. The molecule has 2 aliphatic rings. The van der Waals surface area contributed by atoms with Crippen LogP contribution in [-0.4, -0.2) is 34.5 Å². The van der Waals surface area contributed by atoms with Crippen molar-refractivity contribution in [1.29, 1.82) is 0 Å². The van der Waals surface area contributed by atoms with Gasteiger partial charge in [0.05, 0.1) is 11.5 Å². The van der Waals surface area contributed by atoms with E-state index in [1.54, 1.807) is 6.07 Å². The first-order chi connectivity index (χ1) is 13.5. The molecule has 6 nitrogen and oxygen atoms in total. The number of para-hydroxylation sites is 1.